The van der Waals surface area contributed by atoms with E-state index >= 15 is 0 Å². The van der Waals surface area contributed by atoms with Crippen molar-refractivity contribution in [2.24, 2.45) is 0 Å². The van der Waals surface area contributed by atoms with Gasteiger partial charge in [0.2, 0.25) is 0 Å². The molecule has 2 aliphatic rings. The lowest BCUT2D eigenvalue weighted by Crippen LogP contribution is -2.42. The summed E-state index contributed by atoms with van der Waals surface area (Å²) in [6.45, 7) is 1.89. The quantitative estimate of drug-likeness (QED) is 0.688. The summed E-state index contributed by atoms with van der Waals surface area (Å²) in [4.78, 5) is 2.34. The predicted molar refractivity (Wildman–Crippen MR) is 111 cm³/mol. The molecule has 1 aliphatic heterocycles. The van der Waals surface area contributed by atoms with Crippen LogP contribution in [0.3, 0.4) is 0 Å². The standard InChI is InChI=1S/C21H26N6O2/c1-28-17-10-16(11-18(12-17)29-2)22-15-4-3-9-26(13-15)20-8-7-19-23-24-21(14-5-6-14)27(19)25-20/h7-8,10-12,14-15,22H,3-6,9,13H2,1-2H3. The van der Waals surface area contributed by atoms with Crippen LogP contribution in [0.2, 0.25) is 0 Å². The van der Waals surface area contributed by atoms with Gasteiger partial charge in [-0.1, -0.05) is 0 Å². The SMILES string of the molecule is COc1cc(NC2CCCN(c3ccc4nnc(C5CC5)n4n3)C2)cc(OC)c1. The van der Waals surface area contributed by atoms with Crippen molar-refractivity contribution in [2.75, 3.05) is 37.5 Å². The summed E-state index contributed by atoms with van der Waals surface area (Å²) in [5.74, 6) is 4.07. The van der Waals surface area contributed by atoms with E-state index in [0.29, 0.717) is 12.0 Å². The molecule has 0 bridgehead atoms. The number of benzene rings is 1. The molecular formula is C21H26N6O2. The highest BCUT2D eigenvalue weighted by molar-refractivity contribution is 5.55. The van der Waals surface area contributed by atoms with Crippen molar-refractivity contribution in [1.82, 2.24) is 19.8 Å². The van der Waals surface area contributed by atoms with Crippen molar-refractivity contribution >= 4 is 17.2 Å². The number of nitrogens with zero attached hydrogens (tertiary/aromatic N) is 5. The Morgan fingerprint density at radius 2 is 1.79 bits per heavy atom. The third kappa shape index (κ3) is 3.66. The number of anilines is 2. The smallest absolute Gasteiger partial charge is 0.178 e. The number of hydrogen-bond acceptors (Lipinski definition) is 7. The monoisotopic (exact) mass is 394 g/mol. The number of fused-ring (bicyclic) bond motifs is 1. The molecule has 8 nitrogen and oxygen atoms in total. The molecule has 1 saturated heterocycles. The number of hydrogen-bond donors (Lipinski definition) is 1. The van der Waals surface area contributed by atoms with Gasteiger partial charge in [-0.3, -0.25) is 0 Å². The van der Waals surface area contributed by atoms with Crippen molar-refractivity contribution in [3.05, 3.63) is 36.2 Å². The van der Waals surface area contributed by atoms with Crippen molar-refractivity contribution in [1.29, 1.82) is 0 Å². The zero-order chi connectivity index (χ0) is 19.8. The fourth-order valence-electron chi connectivity index (χ4n) is 3.99. The van der Waals surface area contributed by atoms with Gasteiger partial charge in [-0.2, -0.15) is 4.52 Å². The maximum Gasteiger partial charge on any atom is 0.178 e. The molecule has 1 aromatic carbocycles. The molecule has 1 unspecified atom stereocenters. The number of piperidine rings is 1. The van der Waals surface area contributed by atoms with Crippen molar-refractivity contribution in [3.8, 4) is 11.5 Å². The van der Waals surface area contributed by atoms with Crippen LogP contribution >= 0.6 is 0 Å². The zero-order valence-electron chi connectivity index (χ0n) is 16.8. The largest absolute Gasteiger partial charge is 0.497 e. The minimum absolute atomic E-state index is 0.321. The number of methoxy groups -OCH3 is 2. The second-order valence-electron chi connectivity index (χ2n) is 7.82. The Balaban J connectivity index is 1.34. The first-order chi connectivity index (χ1) is 14.2. The van der Waals surface area contributed by atoms with Crippen molar-refractivity contribution in [3.63, 3.8) is 0 Å². The average Bonchev–Trinajstić information content (AvgIpc) is 3.52. The van der Waals surface area contributed by atoms with Gasteiger partial charge in [0.15, 0.2) is 11.5 Å². The summed E-state index contributed by atoms with van der Waals surface area (Å²) in [6, 6.07) is 10.3. The maximum absolute atomic E-state index is 5.39. The Hall–Kier alpha value is -3.03. The van der Waals surface area contributed by atoms with Crippen LogP contribution in [-0.4, -0.2) is 53.2 Å². The minimum atomic E-state index is 0.321. The third-order valence-electron chi connectivity index (χ3n) is 5.68. The Bertz CT molecular complexity index is 993. The lowest BCUT2D eigenvalue weighted by molar-refractivity contribution is 0.394. The molecule has 1 atom stereocenters. The second-order valence-corrected chi connectivity index (χ2v) is 7.82. The summed E-state index contributed by atoms with van der Waals surface area (Å²) in [5, 5.41) is 17.1. The second kappa shape index (κ2) is 7.42. The van der Waals surface area contributed by atoms with Crippen LogP contribution in [-0.2, 0) is 0 Å². The summed E-state index contributed by atoms with van der Waals surface area (Å²) in [6.07, 6.45) is 4.59. The summed E-state index contributed by atoms with van der Waals surface area (Å²) >= 11 is 0. The minimum Gasteiger partial charge on any atom is -0.497 e. The van der Waals surface area contributed by atoms with Gasteiger partial charge >= 0.3 is 0 Å². The van der Waals surface area contributed by atoms with Crippen LogP contribution in [0.5, 0.6) is 11.5 Å². The fourth-order valence-corrected chi connectivity index (χ4v) is 3.99. The van der Waals surface area contributed by atoms with Gasteiger partial charge in [0.25, 0.3) is 0 Å². The van der Waals surface area contributed by atoms with E-state index in [2.05, 4.69) is 26.5 Å². The van der Waals surface area contributed by atoms with Crippen LogP contribution < -0.4 is 19.7 Å². The topological polar surface area (TPSA) is 76.8 Å². The van der Waals surface area contributed by atoms with Crippen LogP contribution in [0.25, 0.3) is 5.65 Å². The normalized spacial score (nSPS) is 19.4. The molecule has 2 fully saturated rings. The molecule has 29 heavy (non-hydrogen) atoms. The van der Waals surface area contributed by atoms with Gasteiger partial charge in [-0.15, -0.1) is 15.3 Å². The van der Waals surface area contributed by atoms with Gasteiger partial charge in [0, 0.05) is 48.9 Å². The molecule has 3 heterocycles. The molecule has 1 aliphatic carbocycles. The first-order valence-corrected chi connectivity index (χ1v) is 10.2. The lowest BCUT2D eigenvalue weighted by atomic mass is 10.1. The molecule has 1 N–H and O–H groups in total. The Morgan fingerprint density at radius 3 is 2.52 bits per heavy atom. The summed E-state index contributed by atoms with van der Waals surface area (Å²) < 4.78 is 12.7. The van der Waals surface area contributed by atoms with E-state index in [1.807, 2.05) is 28.8 Å². The molecule has 1 saturated carbocycles. The highest BCUT2D eigenvalue weighted by atomic mass is 16.5. The van der Waals surface area contributed by atoms with E-state index < -0.39 is 0 Å². The maximum atomic E-state index is 5.39. The van der Waals surface area contributed by atoms with Crippen LogP contribution in [0.4, 0.5) is 11.5 Å². The van der Waals surface area contributed by atoms with E-state index in [4.69, 9.17) is 14.6 Å². The Labute approximate surface area is 169 Å². The number of aromatic nitrogens is 4. The highest BCUT2D eigenvalue weighted by Crippen LogP contribution is 2.38. The van der Waals surface area contributed by atoms with E-state index in [1.54, 1.807) is 14.2 Å². The van der Waals surface area contributed by atoms with Gasteiger partial charge in [-0.25, -0.2) is 0 Å². The van der Waals surface area contributed by atoms with Gasteiger partial charge in [0.05, 0.1) is 14.2 Å². The van der Waals surface area contributed by atoms with Crippen LogP contribution in [0.15, 0.2) is 30.3 Å². The molecule has 5 rings (SSSR count). The van der Waals surface area contributed by atoms with Crippen molar-refractivity contribution in [2.45, 2.75) is 37.6 Å². The van der Waals surface area contributed by atoms with Crippen LogP contribution in [0, 0.1) is 0 Å². The Kier molecular flexibility index (Phi) is 4.61. The first-order valence-electron chi connectivity index (χ1n) is 10.2. The number of nitrogens with one attached hydrogen (secondary N) is 1. The average molecular weight is 394 g/mol. The first kappa shape index (κ1) is 18.0. The van der Waals surface area contributed by atoms with E-state index in [9.17, 15) is 0 Å². The zero-order valence-corrected chi connectivity index (χ0v) is 16.8. The highest BCUT2D eigenvalue weighted by Gasteiger charge is 2.30. The molecule has 2 aromatic heterocycles. The third-order valence-corrected chi connectivity index (χ3v) is 5.68. The molecule has 0 amide bonds. The van der Waals surface area contributed by atoms with E-state index in [-0.39, 0.29) is 0 Å². The fraction of sp³-hybridized carbons (Fsp3) is 0.476. The molecule has 8 heteroatoms. The van der Waals surface area contributed by atoms with Crippen LogP contribution in [0.1, 0.15) is 37.4 Å². The molecule has 152 valence electrons. The van der Waals surface area contributed by atoms with E-state index in [0.717, 1.165) is 60.4 Å². The number of rotatable bonds is 6. The van der Waals surface area contributed by atoms with Gasteiger partial charge in [0.1, 0.15) is 17.3 Å². The molecule has 3 aromatic rings. The van der Waals surface area contributed by atoms with Crippen molar-refractivity contribution < 1.29 is 9.47 Å². The van der Waals surface area contributed by atoms with Gasteiger partial charge in [-0.05, 0) is 37.8 Å². The lowest BCUT2D eigenvalue weighted by Gasteiger charge is -2.34. The predicted octanol–water partition coefficient (Wildman–Crippen LogP) is 3.10. The van der Waals surface area contributed by atoms with E-state index in [1.165, 1.54) is 12.8 Å². The Morgan fingerprint density at radius 1 is 1.00 bits per heavy atom. The molecule has 0 radical (unpaired) electrons. The summed E-state index contributed by atoms with van der Waals surface area (Å²) in [7, 11) is 3.34. The number of ether oxygens (including phenoxy) is 2. The summed E-state index contributed by atoms with van der Waals surface area (Å²) in [5.41, 5.74) is 1.83. The van der Waals surface area contributed by atoms with Gasteiger partial charge < -0.3 is 19.7 Å². The molecule has 0 spiro atoms. The molecular weight excluding hydrogens is 368 g/mol.